The average molecular weight is 256 g/mol. The third-order valence-corrected chi connectivity index (χ3v) is 2.78. The molecule has 100 valence electrons. The second kappa shape index (κ2) is 6.18. The van der Waals surface area contributed by atoms with Crippen LogP contribution in [-0.4, -0.2) is 38.2 Å². The van der Waals surface area contributed by atoms with Gasteiger partial charge >= 0.3 is 17.9 Å². The number of allylic oxidation sites excluding steroid dienone is 1. The minimum atomic E-state index is -0.864. The Balaban J connectivity index is 2.99. The minimum Gasteiger partial charge on any atom is -0.469 e. The van der Waals surface area contributed by atoms with E-state index in [1.54, 1.807) is 12.2 Å². The fourth-order valence-corrected chi connectivity index (χ4v) is 1.99. The Kier molecular flexibility index (Phi) is 4.88. The number of hydrogen-bond acceptors (Lipinski definition) is 6. The van der Waals surface area contributed by atoms with Gasteiger partial charge in [-0.1, -0.05) is 6.08 Å². The Morgan fingerprint density at radius 3 is 2.22 bits per heavy atom. The van der Waals surface area contributed by atoms with Crippen LogP contribution in [0.2, 0.25) is 0 Å². The number of carbonyl (C=O) groups excluding carboxylic acids is 3. The Morgan fingerprint density at radius 2 is 1.72 bits per heavy atom. The highest BCUT2D eigenvalue weighted by Gasteiger charge is 2.43. The fraction of sp³-hybridized carbons (Fsp3) is 0.583. The lowest BCUT2D eigenvalue weighted by molar-refractivity contribution is -0.167. The SMILES string of the molecule is COC(=O)[C@H]1[C@@H](OC(C)=O)C=CC[C@@H]1C(=O)OC. The zero-order chi connectivity index (χ0) is 13.7. The van der Waals surface area contributed by atoms with E-state index in [9.17, 15) is 14.4 Å². The quantitative estimate of drug-likeness (QED) is 0.414. The molecule has 0 aromatic heterocycles. The number of methoxy groups -OCH3 is 2. The van der Waals surface area contributed by atoms with Crippen LogP contribution in [-0.2, 0) is 28.6 Å². The molecule has 0 amide bonds. The summed E-state index contributed by atoms with van der Waals surface area (Å²) in [4.78, 5) is 34.3. The van der Waals surface area contributed by atoms with Gasteiger partial charge < -0.3 is 14.2 Å². The van der Waals surface area contributed by atoms with E-state index in [1.807, 2.05) is 0 Å². The summed E-state index contributed by atoms with van der Waals surface area (Å²) in [7, 11) is 2.47. The summed E-state index contributed by atoms with van der Waals surface area (Å²) in [5.41, 5.74) is 0. The van der Waals surface area contributed by atoms with Gasteiger partial charge in [0, 0.05) is 6.92 Å². The second-order valence-electron chi connectivity index (χ2n) is 3.92. The minimum absolute atomic E-state index is 0.351. The predicted molar refractivity (Wildman–Crippen MR) is 60.3 cm³/mol. The summed E-state index contributed by atoms with van der Waals surface area (Å²) in [6.07, 6.45) is 2.83. The van der Waals surface area contributed by atoms with E-state index < -0.39 is 35.8 Å². The van der Waals surface area contributed by atoms with Gasteiger partial charge in [0.2, 0.25) is 0 Å². The van der Waals surface area contributed by atoms with Crippen LogP contribution in [0.15, 0.2) is 12.2 Å². The van der Waals surface area contributed by atoms with Crippen molar-refractivity contribution in [2.24, 2.45) is 11.8 Å². The van der Waals surface area contributed by atoms with Gasteiger partial charge in [0.25, 0.3) is 0 Å². The van der Waals surface area contributed by atoms with Crippen LogP contribution in [0, 0.1) is 11.8 Å². The predicted octanol–water partition coefficient (Wildman–Crippen LogP) is 0.456. The molecule has 0 bridgehead atoms. The van der Waals surface area contributed by atoms with Crippen LogP contribution in [0.4, 0.5) is 0 Å². The first-order valence-corrected chi connectivity index (χ1v) is 5.50. The summed E-state index contributed by atoms with van der Waals surface area (Å²) >= 11 is 0. The largest absolute Gasteiger partial charge is 0.469 e. The van der Waals surface area contributed by atoms with Gasteiger partial charge in [-0.05, 0) is 12.5 Å². The smallest absolute Gasteiger partial charge is 0.313 e. The summed E-state index contributed by atoms with van der Waals surface area (Å²) in [5, 5.41) is 0. The zero-order valence-electron chi connectivity index (χ0n) is 10.5. The molecule has 6 heteroatoms. The molecule has 0 spiro atoms. The maximum Gasteiger partial charge on any atom is 0.313 e. The number of hydrogen-bond donors (Lipinski definition) is 0. The maximum absolute atomic E-state index is 11.7. The molecule has 0 saturated heterocycles. The highest BCUT2D eigenvalue weighted by Crippen LogP contribution is 2.30. The Morgan fingerprint density at radius 1 is 1.11 bits per heavy atom. The van der Waals surface area contributed by atoms with E-state index in [4.69, 9.17) is 4.74 Å². The van der Waals surface area contributed by atoms with Crippen molar-refractivity contribution in [3.63, 3.8) is 0 Å². The van der Waals surface area contributed by atoms with Gasteiger partial charge in [-0.3, -0.25) is 14.4 Å². The zero-order valence-corrected chi connectivity index (χ0v) is 10.5. The lowest BCUT2D eigenvalue weighted by atomic mass is 9.81. The molecule has 18 heavy (non-hydrogen) atoms. The van der Waals surface area contributed by atoms with Crippen LogP contribution in [0.3, 0.4) is 0 Å². The molecule has 0 unspecified atom stereocenters. The van der Waals surface area contributed by atoms with Crippen molar-refractivity contribution in [2.75, 3.05) is 14.2 Å². The molecular weight excluding hydrogens is 240 g/mol. The normalized spacial score (nSPS) is 26.3. The molecule has 3 atom stereocenters. The van der Waals surface area contributed by atoms with Crippen LogP contribution in [0.25, 0.3) is 0 Å². The first-order chi connectivity index (χ1) is 8.51. The summed E-state index contributed by atoms with van der Waals surface area (Å²) in [6, 6.07) is 0. The van der Waals surface area contributed by atoms with Gasteiger partial charge in [0.1, 0.15) is 12.0 Å². The third-order valence-electron chi connectivity index (χ3n) is 2.78. The topological polar surface area (TPSA) is 78.9 Å². The van der Waals surface area contributed by atoms with E-state index in [-0.39, 0.29) is 0 Å². The van der Waals surface area contributed by atoms with E-state index >= 15 is 0 Å². The molecule has 1 aliphatic carbocycles. The summed E-state index contributed by atoms with van der Waals surface area (Å²) < 4.78 is 14.3. The lowest BCUT2D eigenvalue weighted by Crippen LogP contribution is -2.42. The Hall–Kier alpha value is -1.85. The fourth-order valence-electron chi connectivity index (χ4n) is 1.99. The molecule has 1 aliphatic rings. The molecule has 0 radical (unpaired) electrons. The van der Waals surface area contributed by atoms with Crippen molar-refractivity contribution in [1.29, 1.82) is 0 Å². The van der Waals surface area contributed by atoms with Crippen molar-refractivity contribution >= 4 is 17.9 Å². The summed E-state index contributed by atoms with van der Waals surface area (Å²) in [6.45, 7) is 1.24. The first-order valence-electron chi connectivity index (χ1n) is 5.50. The Bertz CT molecular complexity index is 373. The third kappa shape index (κ3) is 3.09. The van der Waals surface area contributed by atoms with Crippen molar-refractivity contribution in [3.8, 4) is 0 Å². The van der Waals surface area contributed by atoms with Crippen molar-refractivity contribution in [2.45, 2.75) is 19.4 Å². The molecule has 0 fully saturated rings. The van der Waals surface area contributed by atoms with Crippen molar-refractivity contribution in [1.82, 2.24) is 0 Å². The van der Waals surface area contributed by atoms with Crippen LogP contribution in [0.5, 0.6) is 0 Å². The maximum atomic E-state index is 11.7. The van der Waals surface area contributed by atoms with Gasteiger partial charge in [-0.25, -0.2) is 0 Å². The van der Waals surface area contributed by atoms with E-state index in [1.165, 1.54) is 21.1 Å². The monoisotopic (exact) mass is 256 g/mol. The van der Waals surface area contributed by atoms with E-state index in [2.05, 4.69) is 9.47 Å². The number of rotatable bonds is 3. The molecule has 0 saturated carbocycles. The molecule has 0 aromatic carbocycles. The lowest BCUT2D eigenvalue weighted by Gasteiger charge is -2.30. The molecule has 0 N–H and O–H groups in total. The van der Waals surface area contributed by atoms with E-state index in [0.29, 0.717) is 6.42 Å². The van der Waals surface area contributed by atoms with Crippen LogP contribution >= 0.6 is 0 Å². The highest BCUT2D eigenvalue weighted by atomic mass is 16.6. The molecule has 0 aromatic rings. The number of ether oxygens (including phenoxy) is 3. The van der Waals surface area contributed by atoms with Gasteiger partial charge in [0.05, 0.1) is 20.1 Å². The van der Waals surface area contributed by atoms with Gasteiger partial charge in [0.15, 0.2) is 0 Å². The van der Waals surface area contributed by atoms with Gasteiger partial charge in [-0.2, -0.15) is 0 Å². The average Bonchev–Trinajstić information content (AvgIpc) is 2.36. The number of carbonyl (C=O) groups is 3. The Labute approximate surface area is 105 Å². The molecule has 0 aliphatic heterocycles. The van der Waals surface area contributed by atoms with Gasteiger partial charge in [-0.15, -0.1) is 0 Å². The van der Waals surface area contributed by atoms with Crippen molar-refractivity contribution < 1.29 is 28.6 Å². The number of esters is 3. The second-order valence-corrected chi connectivity index (χ2v) is 3.92. The van der Waals surface area contributed by atoms with Crippen LogP contribution in [0.1, 0.15) is 13.3 Å². The molecule has 6 nitrogen and oxygen atoms in total. The standard InChI is InChI=1S/C12H16O6/c1-7(13)18-9-6-4-5-8(11(14)16-2)10(9)12(15)17-3/h4,6,8-10H,5H2,1-3H3/t8-,9-,10+/m0/s1. The summed E-state index contributed by atoms with van der Waals surface area (Å²) in [5.74, 6) is -3.20. The molecule has 1 rings (SSSR count). The van der Waals surface area contributed by atoms with E-state index in [0.717, 1.165) is 0 Å². The van der Waals surface area contributed by atoms with Crippen LogP contribution < -0.4 is 0 Å². The molecule has 0 heterocycles. The highest BCUT2D eigenvalue weighted by molar-refractivity contribution is 5.83. The first kappa shape index (κ1) is 14.2. The van der Waals surface area contributed by atoms with Crippen molar-refractivity contribution in [3.05, 3.63) is 12.2 Å². The molecular formula is C12H16O6.